The molecule has 0 aromatic carbocycles. The Labute approximate surface area is 70.2 Å². The fourth-order valence-electron chi connectivity index (χ4n) is 0.943. The number of aliphatic imine (C=N–C) groups is 1. The van der Waals surface area contributed by atoms with Crippen molar-refractivity contribution < 1.29 is 0 Å². The summed E-state index contributed by atoms with van der Waals surface area (Å²) < 4.78 is 0. The van der Waals surface area contributed by atoms with E-state index in [2.05, 4.69) is 25.8 Å². The van der Waals surface area contributed by atoms with Crippen molar-refractivity contribution in [1.29, 1.82) is 0 Å². The molecule has 0 rings (SSSR count). The molecule has 0 N–H and O–H groups in total. The van der Waals surface area contributed by atoms with Crippen molar-refractivity contribution in [3.63, 3.8) is 0 Å². The first-order valence-electron chi connectivity index (χ1n) is 4.30. The SMILES string of the molecule is CCCC/C(C)=C(\C)C=NC. The van der Waals surface area contributed by atoms with E-state index in [1.807, 2.05) is 13.3 Å². The van der Waals surface area contributed by atoms with Gasteiger partial charge in [-0.15, -0.1) is 0 Å². The zero-order valence-corrected chi connectivity index (χ0v) is 8.15. The molecular formula is C10H19N. The quantitative estimate of drug-likeness (QED) is 0.550. The van der Waals surface area contributed by atoms with Gasteiger partial charge in [-0.05, 0) is 32.3 Å². The Hall–Kier alpha value is -0.590. The molecule has 0 bridgehead atoms. The molecule has 0 radical (unpaired) electrons. The van der Waals surface area contributed by atoms with Crippen molar-refractivity contribution in [2.24, 2.45) is 4.99 Å². The first-order valence-corrected chi connectivity index (χ1v) is 4.30. The van der Waals surface area contributed by atoms with Crippen molar-refractivity contribution in [3.05, 3.63) is 11.1 Å². The molecule has 0 aliphatic heterocycles. The van der Waals surface area contributed by atoms with Crippen LogP contribution >= 0.6 is 0 Å². The van der Waals surface area contributed by atoms with E-state index in [4.69, 9.17) is 0 Å². The van der Waals surface area contributed by atoms with E-state index < -0.39 is 0 Å². The molecule has 0 aromatic heterocycles. The van der Waals surface area contributed by atoms with Crippen LogP contribution in [0.5, 0.6) is 0 Å². The lowest BCUT2D eigenvalue weighted by Crippen LogP contribution is -1.86. The Kier molecular flexibility index (Phi) is 5.81. The standard InChI is InChI=1S/C10H19N/c1-5-6-7-9(2)10(3)8-11-4/h8H,5-7H2,1-4H3/b10-9+,11-8?. The van der Waals surface area contributed by atoms with E-state index in [0.717, 1.165) is 0 Å². The number of rotatable bonds is 4. The lowest BCUT2D eigenvalue weighted by atomic mass is 10.1. The molecule has 11 heavy (non-hydrogen) atoms. The maximum atomic E-state index is 3.98. The van der Waals surface area contributed by atoms with Crippen molar-refractivity contribution in [3.8, 4) is 0 Å². The lowest BCUT2D eigenvalue weighted by Gasteiger charge is -2.01. The molecule has 1 nitrogen and oxygen atoms in total. The zero-order valence-electron chi connectivity index (χ0n) is 8.15. The van der Waals surface area contributed by atoms with Crippen LogP contribution in [0.3, 0.4) is 0 Å². The van der Waals surface area contributed by atoms with Crippen LogP contribution in [0.15, 0.2) is 16.1 Å². The number of unbranched alkanes of at least 4 members (excludes halogenated alkanes) is 1. The molecule has 0 saturated carbocycles. The molecule has 0 amide bonds. The van der Waals surface area contributed by atoms with Crippen LogP contribution in [0, 0.1) is 0 Å². The van der Waals surface area contributed by atoms with E-state index in [9.17, 15) is 0 Å². The fraction of sp³-hybridized carbons (Fsp3) is 0.700. The highest BCUT2D eigenvalue weighted by atomic mass is 14.6. The van der Waals surface area contributed by atoms with Gasteiger partial charge in [0.15, 0.2) is 0 Å². The van der Waals surface area contributed by atoms with Crippen molar-refractivity contribution in [2.75, 3.05) is 7.05 Å². The second kappa shape index (κ2) is 6.14. The maximum absolute atomic E-state index is 3.98. The highest BCUT2D eigenvalue weighted by Gasteiger charge is 1.92. The van der Waals surface area contributed by atoms with Crippen LogP contribution in [0.25, 0.3) is 0 Å². The van der Waals surface area contributed by atoms with Crippen LogP contribution in [0.2, 0.25) is 0 Å². The topological polar surface area (TPSA) is 12.4 Å². The monoisotopic (exact) mass is 153 g/mol. The van der Waals surface area contributed by atoms with E-state index in [1.165, 1.54) is 30.4 Å². The van der Waals surface area contributed by atoms with Crippen molar-refractivity contribution in [1.82, 2.24) is 0 Å². The van der Waals surface area contributed by atoms with Crippen LogP contribution < -0.4 is 0 Å². The summed E-state index contributed by atoms with van der Waals surface area (Å²) in [5.41, 5.74) is 2.79. The number of nitrogens with zero attached hydrogens (tertiary/aromatic N) is 1. The van der Waals surface area contributed by atoms with Gasteiger partial charge in [0.25, 0.3) is 0 Å². The molecule has 0 aromatic rings. The molecule has 0 aliphatic carbocycles. The average Bonchev–Trinajstić information content (AvgIpc) is 2.00. The molecule has 0 unspecified atom stereocenters. The minimum atomic E-state index is 1.22. The van der Waals surface area contributed by atoms with Crippen molar-refractivity contribution in [2.45, 2.75) is 40.0 Å². The third-order valence-electron chi connectivity index (χ3n) is 1.90. The smallest absolute Gasteiger partial charge is 0.0277 e. The third-order valence-corrected chi connectivity index (χ3v) is 1.90. The van der Waals surface area contributed by atoms with Gasteiger partial charge in [0.1, 0.15) is 0 Å². The third kappa shape index (κ3) is 4.77. The Balaban J connectivity index is 3.94. The van der Waals surface area contributed by atoms with E-state index in [1.54, 1.807) is 0 Å². The van der Waals surface area contributed by atoms with Gasteiger partial charge in [0.2, 0.25) is 0 Å². The van der Waals surface area contributed by atoms with Gasteiger partial charge >= 0.3 is 0 Å². The molecule has 64 valence electrons. The van der Waals surface area contributed by atoms with E-state index in [-0.39, 0.29) is 0 Å². The second-order valence-electron chi connectivity index (χ2n) is 2.95. The summed E-state index contributed by atoms with van der Waals surface area (Å²) >= 11 is 0. The Morgan fingerprint density at radius 3 is 2.45 bits per heavy atom. The molecular weight excluding hydrogens is 134 g/mol. The van der Waals surface area contributed by atoms with Crippen LogP contribution in [-0.2, 0) is 0 Å². The molecule has 1 heteroatoms. The normalized spacial score (nSPS) is 13.8. The summed E-state index contributed by atoms with van der Waals surface area (Å²) in [6, 6.07) is 0. The predicted octanol–water partition coefficient (Wildman–Crippen LogP) is 3.21. The molecule has 0 heterocycles. The largest absolute Gasteiger partial charge is 0.296 e. The summed E-state index contributed by atoms with van der Waals surface area (Å²) in [6.07, 6.45) is 5.72. The lowest BCUT2D eigenvalue weighted by molar-refractivity contribution is 0.784. The van der Waals surface area contributed by atoms with Gasteiger partial charge < -0.3 is 0 Å². The first-order chi connectivity index (χ1) is 5.22. The van der Waals surface area contributed by atoms with Gasteiger partial charge in [0, 0.05) is 13.3 Å². The van der Waals surface area contributed by atoms with Gasteiger partial charge in [-0.3, -0.25) is 4.99 Å². The summed E-state index contributed by atoms with van der Waals surface area (Å²) in [4.78, 5) is 3.98. The Morgan fingerprint density at radius 2 is 2.00 bits per heavy atom. The summed E-state index contributed by atoms with van der Waals surface area (Å²) in [5.74, 6) is 0. The zero-order chi connectivity index (χ0) is 8.69. The number of hydrogen-bond donors (Lipinski definition) is 0. The molecule has 0 aliphatic rings. The van der Waals surface area contributed by atoms with Gasteiger partial charge in [-0.2, -0.15) is 0 Å². The van der Waals surface area contributed by atoms with E-state index >= 15 is 0 Å². The van der Waals surface area contributed by atoms with Crippen LogP contribution in [-0.4, -0.2) is 13.3 Å². The maximum Gasteiger partial charge on any atom is 0.0277 e. The summed E-state index contributed by atoms with van der Waals surface area (Å²) in [5, 5.41) is 0. The molecule has 0 atom stereocenters. The predicted molar refractivity (Wildman–Crippen MR) is 52.3 cm³/mol. The highest BCUT2D eigenvalue weighted by Crippen LogP contribution is 2.09. The Bertz CT molecular complexity index is 154. The minimum Gasteiger partial charge on any atom is -0.296 e. The second-order valence-corrected chi connectivity index (χ2v) is 2.95. The molecule has 0 spiro atoms. The summed E-state index contributed by atoms with van der Waals surface area (Å²) in [7, 11) is 1.82. The minimum absolute atomic E-state index is 1.22. The Morgan fingerprint density at radius 1 is 1.36 bits per heavy atom. The molecule has 0 fully saturated rings. The van der Waals surface area contributed by atoms with Crippen LogP contribution in [0.1, 0.15) is 40.0 Å². The van der Waals surface area contributed by atoms with E-state index in [0.29, 0.717) is 0 Å². The number of allylic oxidation sites excluding steroid dienone is 2. The summed E-state index contributed by atoms with van der Waals surface area (Å²) in [6.45, 7) is 6.53. The van der Waals surface area contributed by atoms with Gasteiger partial charge in [0.05, 0.1) is 0 Å². The fourth-order valence-corrected chi connectivity index (χ4v) is 0.943. The van der Waals surface area contributed by atoms with Crippen LogP contribution in [0.4, 0.5) is 0 Å². The average molecular weight is 153 g/mol. The highest BCUT2D eigenvalue weighted by molar-refractivity contribution is 5.78. The van der Waals surface area contributed by atoms with Gasteiger partial charge in [-0.25, -0.2) is 0 Å². The van der Waals surface area contributed by atoms with Gasteiger partial charge in [-0.1, -0.05) is 18.9 Å². The molecule has 0 saturated heterocycles. The first kappa shape index (κ1) is 10.4. The number of hydrogen-bond acceptors (Lipinski definition) is 1. The van der Waals surface area contributed by atoms with Crippen molar-refractivity contribution >= 4 is 6.21 Å².